The van der Waals surface area contributed by atoms with Crippen molar-refractivity contribution in [2.24, 2.45) is 5.92 Å². The van der Waals surface area contributed by atoms with Gasteiger partial charge in [-0.25, -0.2) is 4.98 Å². The molecule has 0 spiro atoms. The molecule has 2 aromatic heterocycles. The van der Waals surface area contributed by atoms with Crippen LogP contribution in [0.1, 0.15) is 25.5 Å². The molecule has 3 rings (SSSR count). The number of thiazole rings is 1. The van der Waals surface area contributed by atoms with E-state index in [4.69, 9.17) is 9.72 Å². The van der Waals surface area contributed by atoms with Gasteiger partial charge in [-0.2, -0.15) is 11.3 Å². The van der Waals surface area contributed by atoms with Crippen LogP contribution in [0.5, 0.6) is 0 Å². The van der Waals surface area contributed by atoms with E-state index in [1.807, 2.05) is 6.92 Å². The monoisotopic (exact) mass is 336 g/mol. The number of carbonyl (C=O) groups excluding carboxylic acids is 1. The largest absolute Gasteiger partial charge is 0.466 e. The fourth-order valence-corrected chi connectivity index (χ4v) is 4.24. The summed E-state index contributed by atoms with van der Waals surface area (Å²) in [6.07, 6.45) is 1.78. The minimum atomic E-state index is -0.0319. The van der Waals surface area contributed by atoms with Crippen molar-refractivity contribution < 1.29 is 9.53 Å². The predicted octanol–water partition coefficient (Wildman–Crippen LogP) is 3.65. The van der Waals surface area contributed by atoms with Crippen molar-refractivity contribution in [1.29, 1.82) is 0 Å². The van der Waals surface area contributed by atoms with Gasteiger partial charge in [-0.3, -0.25) is 9.69 Å². The Bertz CT molecular complexity index is 601. The van der Waals surface area contributed by atoms with Gasteiger partial charge in [0.25, 0.3) is 0 Å². The zero-order chi connectivity index (χ0) is 15.4. The van der Waals surface area contributed by atoms with Gasteiger partial charge >= 0.3 is 5.97 Å². The number of hydrogen-bond donors (Lipinski definition) is 0. The van der Waals surface area contributed by atoms with Crippen LogP contribution in [0.25, 0.3) is 10.6 Å². The van der Waals surface area contributed by atoms with Crippen LogP contribution in [0.4, 0.5) is 0 Å². The second-order valence-corrected chi connectivity index (χ2v) is 7.10. The summed E-state index contributed by atoms with van der Waals surface area (Å²) in [5.74, 6) is 0.0450. The van der Waals surface area contributed by atoms with Crippen LogP contribution in [-0.4, -0.2) is 35.5 Å². The van der Waals surface area contributed by atoms with Crippen molar-refractivity contribution in [2.45, 2.75) is 26.3 Å². The number of thiophene rings is 1. The van der Waals surface area contributed by atoms with E-state index < -0.39 is 0 Å². The molecule has 3 heterocycles. The molecule has 0 radical (unpaired) electrons. The third kappa shape index (κ3) is 3.74. The smallest absolute Gasteiger partial charge is 0.309 e. The van der Waals surface area contributed by atoms with Crippen molar-refractivity contribution in [3.05, 3.63) is 27.9 Å². The fourth-order valence-electron chi connectivity index (χ4n) is 2.71. The highest BCUT2D eigenvalue weighted by atomic mass is 32.1. The normalized spacial score (nSPS) is 16.8. The van der Waals surface area contributed by atoms with Crippen LogP contribution >= 0.6 is 22.7 Å². The highest BCUT2D eigenvalue weighted by Gasteiger charge is 2.26. The number of carbonyl (C=O) groups is 1. The van der Waals surface area contributed by atoms with Crippen LogP contribution in [-0.2, 0) is 16.1 Å². The van der Waals surface area contributed by atoms with Gasteiger partial charge in [0.1, 0.15) is 5.01 Å². The first-order chi connectivity index (χ1) is 10.8. The molecule has 0 atom stereocenters. The Morgan fingerprint density at radius 2 is 2.23 bits per heavy atom. The highest BCUT2D eigenvalue weighted by Crippen LogP contribution is 2.27. The van der Waals surface area contributed by atoms with Crippen molar-refractivity contribution in [2.75, 3.05) is 19.7 Å². The van der Waals surface area contributed by atoms with Crippen molar-refractivity contribution in [3.8, 4) is 10.6 Å². The Morgan fingerprint density at radius 3 is 2.91 bits per heavy atom. The molecule has 1 saturated heterocycles. The average molecular weight is 336 g/mol. The summed E-state index contributed by atoms with van der Waals surface area (Å²) in [5, 5.41) is 7.45. The Kier molecular flexibility index (Phi) is 5.23. The lowest BCUT2D eigenvalue weighted by molar-refractivity contribution is -0.149. The van der Waals surface area contributed by atoms with Crippen molar-refractivity contribution >= 4 is 28.6 Å². The minimum Gasteiger partial charge on any atom is -0.466 e. The van der Waals surface area contributed by atoms with Gasteiger partial charge in [0, 0.05) is 22.9 Å². The molecule has 0 aromatic carbocycles. The maximum atomic E-state index is 11.7. The highest BCUT2D eigenvalue weighted by molar-refractivity contribution is 7.14. The summed E-state index contributed by atoms with van der Waals surface area (Å²) in [6, 6.07) is 2.11. The second kappa shape index (κ2) is 7.35. The third-order valence-electron chi connectivity index (χ3n) is 3.91. The number of likely N-dealkylation sites (tertiary alicyclic amines) is 1. The van der Waals surface area contributed by atoms with E-state index in [2.05, 4.69) is 27.1 Å². The third-order valence-corrected chi connectivity index (χ3v) is 5.54. The molecule has 0 saturated carbocycles. The van der Waals surface area contributed by atoms with E-state index in [1.165, 1.54) is 5.56 Å². The van der Waals surface area contributed by atoms with Crippen LogP contribution in [0.2, 0.25) is 0 Å². The van der Waals surface area contributed by atoms with Gasteiger partial charge < -0.3 is 4.74 Å². The summed E-state index contributed by atoms with van der Waals surface area (Å²) in [5.41, 5.74) is 2.34. The molecule has 0 N–H and O–H groups in total. The number of nitrogens with zero attached hydrogens (tertiary/aromatic N) is 2. The molecule has 1 aliphatic heterocycles. The maximum Gasteiger partial charge on any atom is 0.309 e. The Hall–Kier alpha value is -1.24. The lowest BCUT2D eigenvalue weighted by atomic mass is 9.97. The number of ether oxygens (including phenoxy) is 1. The molecular formula is C16H20N2O2S2. The molecular weight excluding hydrogens is 316 g/mol. The average Bonchev–Trinajstić information content (AvgIpc) is 3.19. The zero-order valence-electron chi connectivity index (χ0n) is 12.7. The van der Waals surface area contributed by atoms with Gasteiger partial charge in [0.05, 0.1) is 18.2 Å². The van der Waals surface area contributed by atoms with Crippen LogP contribution in [0, 0.1) is 5.92 Å². The Balaban J connectivity index is 1.52. The van der Waals surface area contributed by atoms with E-state index in [0.717, 1.165) is 43.2 Å². The Labute approximate surface area is 138 Å². The standard InChI is InChI=1S/C16H20N2O2S2/c1-2-20-16(19)12-3-6-18(7-4-12)9-14-11-22-15(17-14)13-5-8-21-10-13/h5,8,10-12H,2-4,6-7,9H2,1H3. The first-order valence-corrected chi connectivity index (χ1v) is 9.44. The SMILES string of the molecule is CCOC(=O)C1CCN(Cc2csc(-c3ccsc3)n2)CC1. The number of rotatable bonds is 5. The molecule has 2 aromatic rings. The van der Waals surface area contributed by atoms with Crippen molar-refractivity contribution in [3.63, 3.8) is 0 Å². The molecule has 0 aliphatic carbocycles. The summed E-state index contributed by atoms with van der Waals surface area (Å²) >= 11 is 3.40. The number of esters is 1. The summed E-state index contributed by atoms with van der Waals surface area (Å²) in [6.45, 7) is 5.09. The van der Waals surface area contributed by atoms with Crippen LogP contribution in [0.15, 0.2) is 22.2 Å². The Morgan fingerprint density at radius 1 is 1.41 bits per heavy atom. The fraction of sp³-hybridized carbons (Fsp3) is 0.500. The van der Waals surface area contributed by atoms with Gasteiger partial charge in [0.2, 0.25) is 0 Å². The first-order valence-electron chi connectivity index (χ1n) is 7.62. The van der Waals surface area contributed by atoms with E-state index in [1.54, 1.807) is 22.7 Å². The molecule has 6 heteroatoms. The quantitative estimate of drug-likeness (QED) is 0.782. The first kappa shape index (κ1) is 15.6. The van der Waals surface area contributed by atoms with Crippen molar-refractivity contribution in [1.82, 2.24) is 9.88 Å². The molecule has 1 fully saturated rings. The van der Waals surface area contributed by atoms with Gasteiger partial charge in [-0.1, -0.05) is 0 Å². The summed E-state index contributed by atoms with van der Waals surface area (Å²) in [4.78, 5) is 18.8. The number of piperidine rings is 1. The topological polar surface area (TPSA) is 42.4 Å². The number of aromatic nitrogens is 1. The summed E-state index contributed by atoms with van der Waals surface area (Å²) < 4.78 is 5.11. The van der Waals surface area contributed by atoms with E-state index in [9.17, 15) is 4.79 Å². The predicted molar refractivity (Wildman–Crippen MR) is 90.1 cm³/mol. The number of hydrogen-bond acceptors (Lipinski definition) is 6. The molecule has 22 heavy (non-hydrogen) atoms. The van der Waals surface area contributed by atoms with Gasteiger partial charge in [0.15, 0.2) is 0 Å². The molecule has 118 valence electrons. The van der Waals surface area contributed by atoms with Crippen LogP contribution < -0.4 is 0 Å². The zero-order valence-corrected chi connectivity index (χ0v) is 14.3. The molecule has 0 amide bonds. The lowest BCUT2D eigenvalue weighted by Crippen LogP contribution is -2.36. The van der Waals surface area contributed by atoms with E-state index in [0.29, 0.717) is 6.61 Å². The molecule has 0 unspecified atom stereocenters. The molecule has 1 aliphatic rings. The molecule has 4 nitrogen and oxygen atoms in total. The molecule has 0 bridgehead atoms. The van der Waals surface area contributed by atoms with Gasteiger partial charge in [-0.05, 0) is 44.3 Å². The maximum absolute atomic E-state index is 11.7. The van der Waals surface area contributed by atoms with E-state index >= 15 is 0 Å². The minimum absolute atomic E-state index is 0.0319. The second-order valence-electron chi connectivity index (χ2n) is 5.46. The van der Waals surface area contributed by atoms with Crippen LogP contribution in [0.3, 0.4) is 0 Å². The summed E-state index contributed by atoms with van der Waals surface area (Å²) in [7, 11) is 0. The van der Waals surface area contributed by atoms with E-state index in [-0.39, 0.29) is 11.9 Å². The lowest BCUT2D eigenvalue weighted by Gasteiger charge is -2.30. The van der Waals surface area contributed by atoms with Gasteiger partial charge in [-0.15, -0.1) is 11.3 Å².